The maximum Gasteiger partial charge on any atom is 0.310 e. The van der Waals surface area contributed by atoms with E-state index < -0.39 is 11.4 Å². The summed E-state index contributed by atoms with van der Waals surface area (Å²) in [6.45, 7) is 7.30. The second-order valence-corrected chi connectivity index (χ2v) is 7.49. The highest BCUT2D eigenvalue weighted by Crippen LogP contribution is 2.28. The molecule has 6 heteroatoms. The SMILES string of the molecule is Cc1cc(SCC(=O)NCC(C)(C)C(=O)O)c(C)cc1Br. The number of carboxylic acid groups (broad SMARTS) is 1. The zero-order valence-corrected chi connectivity index (χ0v) is 15.0. The summed E-state index contributed by atoms with van der Waals surface area (Å²) in [6, 6.07) is 4.07. The van der Waals surface area contributed by atoms with E-state index in [1.54, 1.807) is 13.8 Å². The average Bonchev–Trinajstić information content (AvgIpc) is 2.39. The Morgan fingerprint density at radius 1 is 1.29 bits per heavy atom. The van der Waals surface area contributed by atoms with Crippen LogP contribution < -0.4 is 5.32 Å². The van der Waals surface area contributed by atoms with E-state index in [1.807, 2.05) is 26.0 Å². The number of aryl methyl sites for hydroxylation is 2. The lowest BCUT2D eigenvalue weighted by Crippen LogP contribution is -2.39. The first-order chi connectivity index (χ1) is 9.63. The predicted octanol–water partition coefficient (Wildman–Crippen LogP) is 3.39. The third kappa shape index (κ3) is 5.36. The Kier molecular flexibility index (Phi) is 6.28. The summed E-state index contributed by atoms with van der Waals surface area (Å²) in [5.74, 6) is -0.804. The lowest BCUT2D eigenvalue weighted by atomic mass is 9.94. The van der Waals surface area contributed by atoms with Gasteiger partial charge in [-0.1, -0.05) is 15.9 Å². The lowest BCUT2D eigenvalue weighted by Gasteiger charge is -2.19. The van der Waals surface area contributed by atoms with Crippen molar-refractivity contribution in [1.29, 1.82) is 0 Å². The second kappa shape index (κ2) is 7.31. The van der Waals surface area contributed by atoms with E-state index in [0.29, 0.717) is 0 Å². The fourth-order valence-corrected chi connectivity index (χ4v) is 2.89. The Hall–Kier alpha value is -1.01. The standard InChI is InChI=1S/C15H20BrNO3S/c1-9-6-12(10(2)5-11(9)16)21-7-13(18)17-8-15(3,4)14(19)20/h5-6H,7-8H2,1-4H3,(H,17,18)(H,19,20). The smallest absolute Gasteiger partial charge is 0.310 e. The van der Waals surface area contributed by atoms with Crippen LogP contribution >= 0.6 is 27.7 Å². The highest BCUT2D eigenvalue weighted by molar-refractivity contribution is 9.10. The molecule has 0 aliphatic rings. The molecule has 1 aromatic carbocycles. The van der Waals surface area contributed by atoms with Crippen LogP contribution in [0.1, 0.15) is 25.0 Å². The Morgan fingerprint density at radius 2 is 1.90 bits per heavy atom. The monoisotopic (exact) mass is 373 g/mol. The van der Waals surface area contributed by atoms with Crippen molar-refractivity contribution in [2.45, 2.75) is 32.6 Å². The predicted molar refractivity (Wildman–Crippen MR) is 88.8 cm³/mol. The number of hydrogen-bond acceptors (Lipinski definition) is 3. The maximum absolute atomic E-state index is 11.8. The molecular formula is C15H20BrNO3S. The highest BCUT2D eigenvalue weighted by Gasteiger charge is 2.27. The van der Waals surface area contributed by atoms with E-state index >= 15 is 0 Å². The van der Waals surface area contributed by atoms with Gasteiger partial charge in [-0.15, -0.1) is 11.8 Å². The van der Waals surface area contributed by atoms with Crippen LogP contribution in [0.2, 0.25) is 0 Å². The van der Waals surface area contributed by atoms with Gasteiger partial charge in [0.2, 0.25) is 5.91 Å². The molecule has 21 heavy (non-hydrogen) atoms. The van der Waals surface area contributed by atoms with Crippen molar-refractivity contribution in [3.8, 4) is 0 Å². The molecule has 0 aliphatic carbocycles. The topological polar surface area (TPSA) is 66.4 Å². The molecule has 116 valence electrons. The highest BCUT2D eigenvalue weighted by atomic mass is 79.9. The van der Waals surface area contributed by atoms with Gasteiger partial charge in [0.05, 0.1) is 11.2 Å². The Bertz CT molecular complexity index is 558. The van der Waals surface area contributed by atoms with E-state index in [0.717, 1.165) is 20.5 Å². The Balaban J connectivity index is 2.54. The number of carbonyl (C=O) groups is 2. The molecule has 1 rings (SSSR count). The van der Waals surface area contributed by atoms with Gasteiger partial charge in [0.15, 0.2) is 0 Å². The van der Waals surface area contributed by atoms with Crippen LogP contribution in [0.25, 0.3) is 0 Å². The number of rotatable bonds is 6. The van der Waals surface area contributed by atoms with Crippen LogP contribution in [0.5, 0.6) is 0 Å². The van der Waals surface area contributed by atoms with Crippen LogP contribution in [-0.2, 0) is 9.59 Å². The molecule has 2 N–H and O–H groups in total. The van der Waals surface area contributed by atoms with Crippen LogP contribution in [0.15, 0.2) is 21.5 Å². The number of thioether (sulfide) groups is 1. The number of nitrogens with one attached hydrogen (secondary N) is 1. The average molecular weight is 374 g/mol. The minimum Gasteiger partial charge on any atom is -0.481 e. The largest absolute Gasteiger partial charge is 0.481 e. The van der Waals surface area contributed by atoms with E-state index in [2.05, 4.69) is 21.2 Å². The van der Waals surface area contributed by atoms with Crippen molar-refractivity contribution in [2.24, 2.45) is 5.41 Å². The molecule has 0 aromatic heterocycles. The number of aliphatic carboxylic acids is 1. The van der Waals surface area contributed by atoms with Gasteiger partial charge in [0, 0.05) is 15.9 Å². The quantitative estimate of drug-likeness (QED) is 0.750. The van der Waals surface area contributed by atoms with Gasteiger partial charge in [0.25, 0.3) is 0 Å². The van der Waals surface area contributed by atoms with Crippen LogP contribution in [0.4, 0.5) is 0 Å². The van der Waals surface area contributed by atoms with E-state index in [4.69, 9.17) is 5.11 Å². The van der Waals surface area contributed by atoms with Crippen LogP contribution in [0.3, 0.4) is 0 Å². The number of benzene rings is 1. The van der Waals surface area contributed by atoms with Gasteiger partial charge < -0.3 is 10.4 Å². The van der Waals surface area contributed by atoms with Gasteiger partial charge in [-0.05, 0) is 51.0 Å². The van der Waals surface area contributed by atoms with Crippen molar-refractivity contribution >= 4 is 39.6 Å². The number of hydrogen-bond donors (Lipinski definition) is 2. The first-order valence-electron chi connectivity index (χ1n) is 6.53. The van der Waals surface area contributed by atoms with Gasteiger partial charge in [-0.25, -0.2) is 0 Å². The van der Waals surface area contributed by atoms with Gasteiger partial charge in [-0.3, -0.25) is 9.59 Å². The molecule has 0 spiro atoms. The maximum atomic E-state index is 11.8. The van der Waals surface area contributed by atoms with Gasteiger partial charge in [0.1, 0.15) is 0 Å². The van der Waals surface area contributed by atoms with Gasteiger partial charge in [-0.2, -0.15) is 0 Å². The molecule has 0 heterocycles. The fraction of sp³-hybridized carbons (Fsp3) is 0.467. The first kappa shape index (κ1) is 18.0. The minimum atomic E-state index is -0.954. The second-order valence-electron chi connectivity index (χ2n) is 5.62. The third-order valence-electron chi connectivity index (χ3n) is 3.12. The van der Waals surface area contributed by atoms with Crippen molar-refractivity contribution < 1.29 is 14.7 Å². The Morgan fingerprint density at radius 3 is 2.48 bits per heavy atom. The van der Waals surface area contributed by atoms with Crippen LogP contribution in [-0.4, -0.2) is 29.3 Å². The number of halogens is 1. The summed E-state index contributed by atoms with van der Waals surface area (Å²) in [5, 5.41) is 11.7. The third-order valence-corrected chi connectivity index (χ3v) is 5.13. The number of carbonyl (C=O) groups excluding carboxylic acids is 1. The molecule has 1 amide bonds. The fourth-order valence-electron chi connectivity index (χ4n) is 1.50. The molecule has 0 aliphatic heterocycles. The summed E-state index contributed by atoms with van der Waals surface area (Å²) in [7, 11) is 0. The Labute approximate surface area is 137 Å². The number of carboxylic acids is 1. The molecule has 0 atom stereocenters. The molecule has 0 bridgehead atoms. The summed E-state index contributed by atoms with van der Waals surface area (Å²) in [6.07, 6.45) is 0. The molecule has 0 saturated carbocycles. The molecule has 0 radical (unpaired) electrons. The first-order valence-corrected chi connectivity index (χ1v) is 8.31. The van der Waals surface area contributed by atoms with Crippen molar-refractivity contribution in [3.63, 3.8) is 0 Å². The summed E-state index contributed by atoms with van der Waals surface area (Å²) >= 11 is 4.93. The molecule has 4 nitrogen and oxygen atoms in total. The molecule has 0 unspecified atom stereocenters. The van der Waals surface area contributed by atoms with E-state index in [-0.39, 0.29) is 18.2 Å². The van der Waals surface area contributed by atoms with E-state index in [9.17, 15) is 9.59 Å². The molecule has 1 aromatic rings. The van der Waals surface area contributed by atoms with Crippen LogP contribution in [0, 0.1) is 19.3 Å². The van der Waals surface area contributed by atoms with Crippen molar-refractivity contribution in [3.05, 3.63) is 27.7 Å². The summed E-state index contributed by atoms with van der Waals surface area (Å²) in [4.78, 5) is 23.8. The molecule has 0 saturated heterocycles. The molecule has 0 fully saturated rings. The minimum absolute atomic E-state index is 0.125. The summed E-state index contributed by atoms with van der Waals surface area (Å²) < 4.78 is 1.05. The zero-order valence-electron chi connectivity index (χ0n) is 12.6. The van der Waals surface area contributed by atoms with Crippen molar-refractivity contribution in [2.75, 3.05) is 12.3 Å². The normalized spacial score (nSPS) is 11.3. The van der Waals surface area contributed by atoms with E-state index in [1.165, 1.54) is 11.8 Å². The van der Waals surface area contributed by atoms with Crippen molar-refractivity contribution in [1.82, 2.24) is 5.32 Å². The molecular weight excluding hydrogens is 354 g/mol. The number of amides is 1. The van der Waals surface area contributed by atoms with Gasteiger partial charge >= 0.3 is 5.97 Å². The summed E-state index contributed by atoms with van der Waals surface area (Å²) in [5.41, 5.74) is 1.27. The zero-order chi connectivity index (χ0) is 16.2. The lowest BCUT2D eigenvalue weighted by molar-refractivity contribution is -0.146.